The van der Waals surface area contributed by atoms with Crippen LogP contribution in [0.2, 0.25) is 0 Å². The standard InChI is InChI=1S/C16H27NO4/c1-14(2,3)21-13(20)17-16(7-5-4-6-8-16)11-15(9-10-15)12(18)19/h4-11H2,1-3H3,(H,17,20)(H,18,19). The van der Waals surface area contributed by atoms with Crippen molar-refractivity contribution in [3.05, 3.63) is 0 Å². The van der Waals surface area contributed by atoms with E-state index in [-0.39, 0.29) is 0 Å². The number of hydrogen-bond donors (Lipinski definition) is 2. The van der Waals surface area contributed by atoms with Gasteiger partial charge in [0, 0.05) is 5.54 Å². The molecule has 2 fully saturated rings. The van der Waals surface area contributed by atoms with Crippen LogP contribution in [0.5, 0.6) is 0 Å². The summed E-state index contributed by atoms with van der Waals surface area (Å²) in [5.74, 6) is -0.724. The van der Waals surface area contributed by atoms with E-state index in [1.807, 2.05) is 20.8 Å². The second kappa shape index (κ2) is 5.50. The van der Waals surface area contributed by atoms with E-state index >= 15 is 0 Å². The van der Waals surface area contributed by atoms with Crippen molar-refractivity contribution in [2.24, 2.45) is 5.41 Å². The van der Waals surface area contributed by atoms with Gasteiger partial charge in [0.15, 0.2) is 0 Å². The van der Waals surface area contributed by atoms with Gasteiger partial charge in [0.25, 0.3) is 0 Å². The van der Waals surface area contributed by atoms with Gasteiger partial charge in [-0.15, -0.1) is 0 Å². The summed E-state index contributed by atoms with van der Waals surface area (Å²) in [7, 11) is 0. The van der Waals surface area contributed by atoms with Crippen LogP contribution in [0.4, 0.5) is 4.79 Å². The topological polar surface area (TPSA) is 75.6 Å². The molecule has 0 aromatic rings. The van der Waals surface area contributed by atoms with Gasteiger partial charge >= 0.3 is 12.1 Å². The summed E-state index contributed by atoms with van der Waals surface area (Å²) < 4.78 is 5.36. The Labute approximate surface area is 126 Å². The number of rotatable bonds is 4. The zero-order chi connectivity index (χ0) is 15.7. The quantitative estimate of drug-likeness (QED) is 0.833. The molecular weight excluding hydrogens is 270 g/mol. The highest BCUT2D eigenvalue weighted by Gasteiger charge is 2.55. The smallest absolute Gasteiger partial charge is 0.408 e. The first-order chi connectivity index (χ1) is 9.67. The molecule has 120 valence electrons. The number of hydrogen-bond acceptors (Lipinski definition) is 3. The molecule has 0 aromatic carbocycles. The lowest BCUT2D eigenvalue weighted by Gasteiger charge is -2.40. The highest BCUT2D eigenvalue weighted by atomic mass is 16.6. The van der Waals surface area contributed by atoms with Crippen LogP contribution in [0, 0.1) is 5.41 Å². The molecule has 0 heterocycles. The Balaban J connectivity index is 2.07. The lowest BCUT2D eigenvalue weighted by molar-refractivity contribution is -0.144. The lowest BCUT2D eigenvalue weighted by Crippen LogP contribution is -2.53. The van der Waals surface area contributed by atoms with Gasteiger partial charge in [0.1, 0.15) is 5.60 Å². The van der Waals surface area contributed by atoms with Gasteiger partial charge in [-0.25, -0.2) is 4.79 Å². The SMILES string of the molecule is CC(C)(C)OC(=O)NC1(CC2(C(=O)O)CC2)CCCCC1. The van der Waals surface area contributed by atoms with Gasteiger partial charge < -0.3 is 15.2 Å². The molecule has 0 aliphatic heterocycles. The zero-order valence-corrected chi connectivity index (χ0v) is 13.3. The molecule has 0 radical (unpaired) electrons. The summed E-state index contributed by atoms with van der Waals surface area (Å²) in [6.07, 6.45) is 6.47. The predicted molar refractivity (Wildman–Crippen MR) is 79.1 cm³/mol. The summed E-state index contributed by atoms with van der Waals surface area (Å²) in [5, 5.41) is 12.4. The molecule has 1 amide bonds. The Hall–Kier alpha value is -1.26. The molecule has 0 aromatic heterocycles. The minimum atomic E-state index is -0.724. The van der Waals surface area contributed by atoms with Crippen molar-refractivity contribution in [3.8, 4) is 0 Å². The Bertz CT molecular complexity index is 414. The Morgan fingerprint density at radius 2 is 1.67 bits per heavy atom. The average Bonchev–Trinajstić information content (AvgIpc) is 3.07. The molecule has 0 unspecified atom stereocenters. The van der Waals surface area contributed by atoms with Crippen molar-refractivity contribution < 1.29 is 19.4 Å². The van der Waals surface area contributed by atoms with E-state index in [0.29, 0.717) is 6.42 Å². The summed E-state index contributed by atoms with van der Waals surface area (Å²) in [6.45, 7) is 5.50. The summed E-state index contributed by atoms with van der Waals surface area (Å²) in [4.78, 5) is 23.6. The van der Waals surface area contributed by atoms with E-state index in [0.717, 1.165) is 44.9 Å². The highest BCUT2D eigenvalue weighted by Crippen LogP contribution is 2.53. The van der Waals surface area contributed by atoms with Gasteiger partial charge in [0.2, 0.25) is 0 Å². The van der Waals surface area contributed by atoms with E-state index in [4.69, 9.17) is 4.74 Å². The average molecular weight is 297 g/mol. The third kappa shape index (κ3) is 4.11. The van der Waals surface area contributed by atoms with Crippen molar-refractivity contribution >= 4 is 12.1 Å². The number of alkyl carbamates (subject to hydrolysis) is 1. The normalized spacial score (nSPS) is 23.2. The van der Waals surface area contributed by atoms with Gasteiger partial charge in [-0.3, -0.25) is 4.79 Å². The lowest BCUT2D eigenvalue weighted by atomic mass is 9.74. The van der Waals surface area contributed by atoms with Crippen LogP contribution in [0.3, 0.4) is 0 Å². The Kier molecular flexibility index (Phi) is 4.22. The fourth-order valence-electron chi connectivity index (χ4n) is 3.36. The van der Waals surface area contributed by atoms with Gasteiger partial charge in [-0.2, -0.15) is 0 Å². The van der Waals surface area contributed by atoms with Gasteiger partial charge in [-0.1, -0.05) is 19.3 Å². The first-order valence-electron chi connectivity index (χ1n) is 7.91. The molecule has 0 saturated heterocycles. The summed E-state index contributed by atoms with van der Waals surface area (Å²) >= 11 is 0. The van der Waals surface area contributed by atoms with Crippen molar-refractivity contribution in [2.75, 3.05) is 0 Å². The van der Waals surface area contributed by atoms with E-state index in [2.05, 4.69) is 5.32 Å². The molecule has 2 aliphatic carbocycles. The molecule has 2 saturated carbocycles. The van der Waals surface area contributed by atoms with Gasteiger partial charge in [-0.05, 0) is 52.9 Å². The van der Waals surface area contributed by atoms with Crippen LogP contribution < -0.4 is 5.32 Å². The molecule has 2 aliphatic rings. The number of aliphatic carboxylic acids is 1. The molecule has 0 bridgehead atoms. The van der Waals surface area contributed by atoms with Gasteiger partial charge in [0.05, 0.1) is 5.41 Å². The van der Waals surface area contributed by atoms with Crippen molar-refractivity contribution in [2.45, 2.75) is 83.3 Å². The van der Waals surface area contributed by atoms with E-state index in [1.54, 1.807) is 0 Å². The van der Waals surface area contributed by atoms with Crippen LogP contribution in [0.15, 0.2) is 0 Å². The van der Waals surface area contributed by atoms with Crippen molar-refractivity contribution in [1.82, 2.24) is 5.32 Å². The Morgan fingerprint density at radius 3 is 2.10 bits per heavy atom. The van der Waals surface area contributed by atoms with E-state index in [1.165, 1.54) is 0 Å². The van der Waals surface area contributed by atoms with Crippen LogP contribution in [0.25, 0.3) is 0 Å². The largest absolute Gasteiger partial charge is 0.481 e. The van der Waals surface area contributed by atoms with Crippen LogP contribution in [-0.4, -0.2) is 28.3 Å². The highest BCUT2D eigenvalue weighted by molar-refractivity contribution is 5.78. The number of carboxylic acids is 1. The maximum absolute atomic E-state index is 12.1. The number of amides is 1. The van der Waals surface area contributed by atoms with Crippen LogP contribution in [-0.2, 0) is 9.53 Å². The fraction of sp³-hybridized carbons (Fsp3) is 0.875. The molecule has 5 nitrogen and oxygen atoms in total. The molecule has 5 heteroatoms. The number of carboxylic acid groups (broad SMARTS) is 1. The maximum Gasteiger partial charge on any atom is 0.408 e. The first-order valence-corrected chi connectivity index (χ1v) is 7.91. The number of ether oxygens (including phenoxy) is 1. The fourth-order valence-corrected chi connectivity index (χ4v) is 3.36. The van der Waals surface area contributed by atoms with Crippen molar-refractivity contribution in [3.63, 3.8) is 0 Å². The molecule has 0 atom stereocenters. The minimum absolute atomic E-state index is 0.407. The number of nitrogens with one attached hydrogen (secondary N) is 1. The molecule has 21 heavy (non-hydrogen) atoms. The van der Waals surface area contributed by atoms with Crippen LogP contribution >= 0.6 is 0 Å². The van der Waals surface area contributed by atoms with E-state index in [9.17, 15) is 14.7 Å². The second-order valence-corrected chi connectivity index (χ2v) is 7.73. The molecule has 2 N–H and O–H groups in total. The summed E-state index contributed by atoms with van der Waals surface area (Å²) in [6, 6.07) is 0. The Morgan fingerprint density at radius 1 is 1.10 bits per heavy atom. The number of carbonyl (C=O) groups is 2. The number of carbonyl (C=O) groups excluding carboxylic acids is 1. The predicted octanol–water partition coefficient (Wildman–Crippen LogP) is 3.47. The maximum atomic E-state index is 12.1. The van der Waals surface area contributed by atoms with Crippen molar-refractivity contribution in [1.29, 1.82) is 0 Å². The monoisotopic (exact) mass is 297 g/mol. The van der Waals surface area contributed by atoms with E-state index < -0.39 is 28.6 Å². The third-order valence-electron chi connectivity index (χ3n) is 4.56. The van der Waals surface area contributed by atoms with Crippen LogP contribution in [0.1, 0.15) is 72.1 Å². The third-order valence-corrected chi connectivity index (χ3v) is 4.56. The zero-order valence-electron chi connectivity index (χ0n) is 13.3. The minimum Gasteiger partial charge on any atom is -0.481 e. The molecule has 2 rings (SSSR count). The first kappa shape index (κ1) is 16.1. The second-order valence-electron chi connectivity index (χ2n) is 7.73. The molecule has 0 spiro atoms. The molecular formula is C16H27NO4. The summed E-state index contributed by atoms with van der Waals surface area (Å²) in [5.41, 5.74) is -1.56.